The van der Waals surface area contributed by atoms with Crippen molar-refractivity contribution in [2.45, 2.75) is 38.6 Å². The molecule has 0 bridgehead atoms. The first-order valence-corrected chi connectivity index (χ1v) is 12.8. The predicted molar refractivity (Wildman–Crippen MR) is 141 cm³/mol. The summed E-state index contributed by atoms with van der Waals surface area (Å²) < 4.78 is 0. The Bertz CT molecular complexity index is 1240. The highest BCUT2D eigenvalue weighted by Crippen LogP contribution is 2.41. The van der Waals surface area contributed by atoms with Gasteiger partial charge in [0.05, 0.1) is 27.3 Å². The van der Waals surface area contributed by atoms with Crippen molar-refractivity contribution in [1.82, 2.24) is 19.9 Å². The third-order valence-electron chi connectivity index (χ3n) is 6.54. The van der Waals surface area contributed by atoms with Crippen LogP contribution in [0.4, 0.5) is 5.95 Å². The summed E-state index contributed by atoms with van der Waals surface area (Å²) in [7, 11) is 2.20. The van der Waals surface area contributed by atoms with Crippen LogP contribution in [0.25, 0.3) is 21.8 Å². The fourth-order valence-electron chi connectivity index (χ4n) is 4.50. The van der Waals surface area contributed by atoms with E-state index in [0.717, 1.165) is 47.8 Å². The fourth-order valence-corrected chi connectivity index (χ4v) is 5.73. The Morgan fingerprint density at radius 3 is 2.56 bits per heavy atom. The molecule has 2 aromatic heterocycles. The molecule has 1 aliphatic heterocycles. The SMILES string of the molecule is Cc1cccc(-c2nc(C3CCN(C)CC3)sc2-c2ccnc(NC(C)c3ccccc3)n2)c1. The van der Waals surface area contributed by atoms with Crippen molar-refractivity contribution in [2.24, 2.45) is 0 Å². The van der Waals surface area contributed by atoms with Gasteiger partial charge in [-0.25, -0.2) is 15.0 Å². The van der Waals surface area contributed by atoms with Crippen LogP contribution in [-0.4, -0.2) is 40.0 Å². The van der Waals surface area contributed by atoms with Gasteiger partial charge in [0, 0.05) is 17.7 Å². The second-order valence-electron chi connectivity index (χ2n) is 9.22. The maximum Gasteiger partial charge on any atom is 0.223 e. The van der Waals surface area contributed by atoms with Gasteiger partial charge in [0.2, 0.25) is 5.95 Å². The quantitative estimate of drug-likeness (QED) is 0.347. The minimum atomic E-state index is 0.115. The highest BCUT2D eigenvalue weighted by atomic mass is 32.1. The number of anilines is 1. The van der Waals surface area contributed by atoms with Crippen molar-refractivity contribution in [1.29, 1.82) is 0 Å². The lowest BCUT2D eigenvalue weighted by Crippen LogP contribution is -2.29. The summed E-state index contributed by atoms with van der Waals surface area (Å²) in [6.07, 6.45) is 4.15. The lowest BCUT2D eigenvalue weighted by Gasteiger charge is -2.27. The summed E-state index contributed by atoms with van der Waals surface area (Å²) in [4.78, 5) is 18.2. The van der Waals surface area contributed by atoms with Gasteiger partial charge in [-0.15, -0.1) is 11.3 Å². The van der Waals surface area contributed by atoms with E-state index in [0.29, 0.717) is 11.9 Å². The molecule has 0 aliphatic carbocycles. The highest BCUT2D eigenvalue weighted by Gasteiger charge is 2.25. The molecule has 0 spiro atoms. The molecule has 1 unspecified atom stereocenters. The number of hydrogen-bond acceptors (Lipinski definition) is 6. The van der Waals surface area contributed by atoms with Gasteiger partial charge in [0.25, 0.3) is 0 Å². The molecule has 2 aromatic carbocycles. The van der Waals surface area contributed by atoms with E-state index in [1.807, 2.05) is 18.3 Å². The van der Waals surface area contributed by atoms with Crippen molar-refractivity contribution in [2.75, 3.05) is 25.5 Å². The van der Waals surface area contributed by atoms with Crippen LogP contribution in [-0.2, 0) is 0 Å². The zero-order valence-electron chi connectivity index (χ0n) is 20.0. The first kappa shape index (κ1) is 22.7. The predicted octanol–water partition coefficient (Wildman–Crippen LogP) is 6.56. The molecule has 6 heteroatoms. The van der Waals surface area contributed by atoms with Crippen LogP contribution in [0, 0.1) is 6.92 Å². The van der Waals surface area contributed by atoms with Gasteiger partial charge in [0.15, 0.2) is 0 Å². The summed E-state index contributed by atoms with van der Waals surface area (Å²) in [6, 6.07) is 21.1. The van der Waals surface area contributed by atoms with Crippen molar-refractivity contribution in [3.05, 3.63) is 83.0 Å². The van der Waals surface area contributed by atoms with Gasteiger partial charge in [0.1, 0.15) is 0 Å². The maximum atomic E-state index is 5.20. The molecule has 3 heterocycles. The average Bonchev–Trinajstić information content (AvgIpc) is 3.31. The number of hydrogen-bond donors (Lipinski definition) is 1. The molecule has 5 nitrogen and oxygen atoms in total. The van der Waals surface area contributed by atoms with Crippen LogP contribution in [0.3, 0.4) is 0 Å². The van der Waals surface area contributed by atoms with Crippen LogP contribution < -0.4 is 5.32 Å². The zero-order valence-corrected chi connectivity index (χ0v) is 20.8. The van der Waals surface area contributed by atoms with Gasteiger partial charge >= 0.3 is 0 Å². The molecule has 0 saturated carbocycles. The Morgan fingerprint density at radius 1 is 1.00 bits per heavy atom. The van der Waals surface area contributed by atoms with E-state index in [4.69, 9.17) is 9.97 Å². The normalized spacial score (nSPS) is 15.9. The van der Waals surface area contributed by atoms with Crippen molar-refractivity contribution in [3.63, 3.8) is 0 Å². The first-order chi connectivity index (χ1) is 16.6. The van der Waals surface area contributed by atoms with Gasteiger partial charge in [-0.1, -0.05) is 54.1 Å². The van der Waals surface area contributed by atoms with E-state index in [2.05, 4.69) is 84.6 Å². The second kappa shape index (κ2) is 10.0. The van der Waals surface area contributed by atoms with E-state index in [-0.39, 0.29) is 6.04 Å². The number of aryl methyl sites for hydroxylation is 1. The number of rotatable bonds is 6. The van der Waals surface area contributed by atoms with Crippen molar-refractivity contribution in [3.8, 4) is 21.8 Å². The Morgan fingerprint density at radius 2 is 1.79 bits per heavy atom. The van der Waals surface area contributed by atoms with Crippen LogP contribution in [0.15, 0.2) is 66.9 Å². The summed E-state index contributed by atoms with van der Waals surface area (Å²) in [6.45, 7) is 6.51. The standard InChI is InChI=1S/C28H31N5S/c1-19-8-7-11-23(18-19)25-26(34-27(32-25)22-13-16-33(3)17-14-22)24-12-15-29-28(31-24)30-20(2)21-9-5-4-6-10-21/h4-12,15,18,20,22H,13-14,16-17H2,1-3H3,(H,29,30,31). The van der Waals surface area contributed by atoms with Gasteiger partial charge in [-0.3, -0.25) is 0 Å². The Hall–Kier alpha value is -3.09. The Balaban J connectivity index is 1.50. The molecular formula is C28H31N5S. The number of benzene rings is 2. The van der Waals surface area contributed by atoms with Gasteiger partial charge in [-0.2, -0.15) is 0 Å². The van der Waals surface area contributed by atoms with Crippen molar-refractivity contribution >= 4 is 17.3 Å². The van der Waals surface area contributed by atoms with Crippen molar-refractivity contribution < 1.29 is 0 Å². The number of thiazole rings is 1. The summed E-state index contributed by atoms with van der Waals surface area (Å²) in [5.74, 6) is 1.15. The number of nitrogens with one attached hydrogen (secondary N) is 1. The fraction of sp³-hybridized carbons (Fsp3) is 0.321. The zero-order chi connectivity index (χ0) is 23.5. The topological polar surface area (TPSA) is 53.9 Å². The number of piperidine rings is 1. The Kier molecular flexibility index (Phi) is 6.70. The van der Waals surface area contributed by atoms with E-state index in [9.17, 15) is 0 Å². The molecule has 1 fully saturated rings. The maximum absolute atomic E-state index is 5.20. The van der Waals surface area contributed by atoms with Crippen LogP contribution >= 0.6 is 11.3 Å². The molecule has 0 amide bonds. The lowest BCUT2D eigenvalue weighted by atomic mass is 9.98. The smallest absolute Gasteiger partial charge is 0.223 e. The second-order valence-corrected chi connectivity index (χ2v) is 10.2. The highest BCUT2D eigenvalue weighted by molar-refractivity contribution is 7.15. The third kappa shape index (κ3) is 5.03. The molecular weight excluding hydrogens is 438 g/mol. The largest absolute Gasteiger partial charge is 0.348 e. The molecule has 4 aromatic rings. The molecule has 5 rings (SSSR count). The summed E-state index contributed by atoms with van der Waals surface area (Å²) >= 11 is 1.80. The minimum absolute atomic E-state index is 0.115. The molecule has 34 heavy (non-hydrogen) atoms. The molecule has 174 valence electrons. The molecule has 1 N–H and O–H groups in total. The molecule has 1 aliphatic rings. The summed E-state index contributed by atoms with van der Waals surface area (Å²) in [5.41, 5.74) is 5.55. The van der Waals surface area contributed by atoms with Gasteiger partial charge in [-0.05, 0) is 64.5 Å². The molecule has 1 saturated heterocycles. The minimum Gasteiger partial charge on any atom is -0.348 e. The first-order valence-electron chi connectivity index (χ1n) is 12.0. The lowest BCUT2D eigenvalue weighted by molar-refractivity contribution is 0.255. The van der Waals surface area contributed by atoms with Crippen LogP contribution in [0.2, 0.25) is 0 Å². The monoisotopic (exact) mass is 469 g/mol. The van der Waals surface area contributed by atoms with E-state index in [1.54, 1.807) is 11.3 Å². The average molecular weight is 470 g/mol. The van der Waals surface area contributed by atoms with Gasteiger partial charge < -0.3 is 10.2 Å². The van der Waals surface area contributed by atoms with Crippen LogP contribution in [0.1, 0.15) is 47.9 Å². The van der Waals surface area contributed by atoms with E-state index >= 15 is 0 Å². The summed E-state index contributed by atoms with van der Waals surface area (Å²) in [5, 5.41) is 4.70. The van der Waals surface area contributed by atoms with E-state index in [1.165, 1.54) is 16.1 Å². The molecule has 0 radical (unpaired) electrons. The number of aromatic nitrogens is 3. The Labute approximate surface area is 205 Å². The number of likely N-dealkylation sites (tertiary alicyclic amines) is 1. The third-order valence-corrected chi connectivity index (χ3v) is 7.78. The van der Waals surface area contributed by atoms with E-state index < -0.39 is 0 Å². The van der Waals surface area contributed by atoms with Crippen LogP contribution in [0.5, 0.6) is 0 Å². The molecule has 1 atom stereocenters. The number of nitrogens with zero attached hydrogens (tertiary/aromatic N) is 4.